The summed E-state index contributed by atoms with van der Waals surface area (Å²) in [6, 6.07) is 6.19. The lowest BCUT2D eigenvalue weighted by Gasteiger charge is -2.32. The number of amides is 2. The number of nitrogens with two attached hydrogens (primary N) is 1. The van der Waals surface area contributed by atoms with Crippen molar-refractivity contribution in [2.75, 3.05) is 21.9 Å². The molecule has 0 aliphatic carbocycles. The van der Waals surface area contributed by atoms with Crippen LogP contribution in [0.4, 0.5) is 16.2 Å². The first-order valence-corrected chi connectivity index (χ1v) is 10.9. The van der Waals surface area contributed by atoms with Crippen molar-refractivity contribution in [3.63, 3.8) is 0 Å². The van der Waals surface area contributed by atoms with Crippen LogP contribution in [0, 0.1) is 6.92 Å². The van der Waals surface area contributed by atoms with E-state index in [0.29, 0.717) is 20.3 Å². The highest BCUT2D eigenvalue weighted by molar-refractivity contribution is 7.95. The molecule has 0 radical (unpaired) electrons. The number of aryl methyl sites for hydroxylation is 2. The van der Waals surface area contributed by atoms with Gasteiger partial charge in [-0.15, -0.1) is 11.3 Å². The van der Waals surface area contributed by atoms with Crippen LogP contribution in [0.25, 0.3) is 10.1 Å². The molecule has 1 unspecified atom stereocenters. The molecule has 29 heavy (non-hydrogen) atoms. The van der Waals surface area contributed by atoms with E-state index in [1.807, 2.05) is 12.1 Å². The molecule has 2 amide bonds. The van der Waals surface area contributed by atoms with Gasteiger partial charge in [-0.1, -0.05) is 18.2 Å². The molecule has 2 aromatic heterocycles. The van der Waals surface area contributed by atoms with Gasteiger partial charge in [-0.05, 0) is 13.0 Å². The number of hydrogen-bond acceptors (Lipinski definition) is 7. The summed E-state index contributed by atoms with van der Waals surface area (Å²) < 4.78 is 37.0. The monoisotopic (exact) mass is 436 g/mol. The maximum atomic E-state index is 13.8. The average molecular weight is 437 g/mol. The summed E-state index contributed by atoms with van der Waals surface area (Å²) >= 11 is 1.40. The van der Waals surface area contributed by atoms with E-state index in [1.165, 1.54) is 22.2 Å². The summed E-state index contributed by atoms with van der Waals surface area (Å²) in [5, 5.41) is 7.68. The zero-order valence-electron chi connectivity index (χ0n) is 15.8. The quantitative estimate of drug-likeness (QED) is 0.625. The van der Waals surface area contributed by atoms with Crippen molar-refractivity contribution in [1.29, 1.82) is 0 Å². The zero-order chi connectivity index (χ0) is 20.8. The number of anilines is 2. The van der Waals surface area contributed by atoms with Crippen LogP contribution >= 0.6 is 11.3 Å². The SMILES string of the molecule is Cc1sc2ccccc2c1N(C(N)=O)S(=O)(=O)N(c1cnn(C)c1)C1COCN1. The standard InChI is InChI=1S/C17H20N6O4S2/c1-11-16(13-5-3-4-6-14(13)28-11)23(17(18)24)29(25,26)22(15-9-27-10-19-15)12-7-20-21(2)8-12/h3-8,15,19H,9-10H2,1-2H3,(H2,18,24). The number of nitrogens with zero attached hydrogens (tertiary/aromatic N) is 4. The third kappa shape index (κ3) is 3.33. The normalized spacial score (nSPS) is 17.0. The van der Waals surface area contributed by atoms with Gasteiger partial charge in [0.05, 0.1) is 30.9 Å². The van der Waals surface area contributed by atoms with Gasteiger partial charge >= 0.3 is 16.2 Å². The molecule has 0 bridgehead atoms. The number of ether oxygens (including phenoxy) is 1. The molecule has 1 fully saturated rings. The van der Waals surface area contributed by atoms with Gasteiger partial charge < -0.3 is 10.5 Å². The highest BCUT2D eigenvalue weighted by Gasteiger charge is 2.41. The smallest absolute Gasteiger partial charge is 0.336 e. The lowest BCUT2D eigenvalue weighted by Crippen LogP contribution is -2.56. The Labute approximate surface area is 171 Å². The van der Waals surface area contributed by atoms with Gasteiger partial charge in [0.1, 0.15) is 6.17 Å². The number of hydrogen-bond donors (Lipinski definition) is 2. The van der Waals surface area contributed by atoms with Gasteiger partial charge in [-0.2, -0.15) is 17.8 Å². The largest absolute Gasteiger partial charge is 0.363 e. The summed E-state index contributed by atoms with van der Waals surface area (Å²) in [5.74, 6) is 0. The first-order chi connectivity index (χ1) is 13.8. The number of urea groups is 1. The van der Waals surface area contributed by atoms with Gasteiger partial charge in [0.2, 0.25) is 0 Å². The molecular weight excluding hydrogens is 416 g/mol. The van der Waals surface area contributed by atoms with Crippen LogP contribution in [-0.4, -0.2) is 43.7 Å². The Morgan fingerprint density at radius 2 is 2.17 bits per heavy atom. The fraction of sp³-hybridized carbons (Fsp3) is 0.294. The molecular formula is C17H20N6O4S2. The van der Waals surface area contributed by atoms with E-state index in [-0.39, 0.29) is 19.0 Å². The molecule has 0 saturated carbocycles. The second-order valence-electron chi connectivity index (χ2n) is 6.52. The molecule has 10 nitrogen and oxygen atoms in total. The Kier molecular flexibility index (Phi) is 4.94. The summed E-state index contributed by atoms with van der Waals surface area (Å²) in [4.78, 5) is 13.1. The predicted octanol–water partition coefficient (Wildman–Crippen LogP) is 1.48. The second-order valence-corrected chi connectivity index (χ2v) is 9.43. The lowest BCUT2D eigenvalue weighted by molar-refractivity contribution is 0.190. The van der Waals surface area contributed by atoms with E-state index < -0.39 is 22.4 Å². The third-order valence-corrected chi connectivity index (χ3v) is 7.41. The van der Waals surface area contributed by atoms with Gasteiger partial charge in [0, 0.05) is 28.2 Å². The van der Waals surface area contributed by atoms with Crippen molar-refractivity contribution >= 4 is 49.0 Å². The second kappa shape index (κ2) is 7.30. The van der Waals surface area contributed by atoms with Crippen molar-refractivity contribution in [1.82, 2.24) is 15.1 Å². The Morgan fingerprint density at radius 3 is 2.79 bits per heavy atom. The molecule has 4 rings (SSSR count). The molecule has 1 atom stereocenters. The zero-order valence-corrected chi connectivity index (χ0v) is 17.4. The molecule has 3 heterocycles. The molecule has 3 N–H and O–H groups in total. The van der Waals surface area contributed by atoms with Gasteiger partial charge in [-0.3, -0.25) is 10.00 Å². The number of aromatic nitrogens is 2. The minimum Gasteiger partial charge on any atom is -0.363 e. The summed E-state index contributed by atoms with van der Waals surface area (Å²) in [7, 11) is -2.74. The predicted molar refractivity (Wildman–Crippen MR) is 111 cm³/mol. The van der Waals surface area contributed by atoms with Crippen LogP contribution in [-0.2, 0) is 22.0 Å². The maximum Gasteiger partial charge on any atom is 0.336 e. The minimum atomic E-state index is -4.42. The van der Waals surface area contributed by atoms with Crippen LogP contribution in [0.3, 0.4) is 0 Å². The number of carbonyl (C=O) groups is 1. The van der Waals surface area contributed by atoms with E-state index in [2.05, 4.69) is 10.4 Å². The molecule has 1 aliphatic rings. The van der Waals surface area contributed by atoms with Crippen LogP contribution < -0.4 is 19.7 Å². The van der Waals surface area contributed by atoms with Crippen molar-refractivity contribution in [2.24, 2.45) is 12.8 Å². The number of benzene rings is 1. The Hall–Kier alpha value is -2.67. The van der Waals surface area contributed by atoms with E-state index >= 15 is 0 Å². The number of carbonyl (C=O) groups excluding carboxylic acids is 1. The molecule has 0 spiro atoms. The van der Waals surface area contributed by atoms with E-state index in [4.69, 9.17) is 10.5 Å². The Bertz CT molecular complexity index is 1170. The number of rotatable bonds is 5. The van der Waals surface area contributed by atoms with Crippen molar-refractivity contribution in [2.45, 2.75) is 13.1 Å². The lowest BCUT2D eigenvalue weighted by atomic mass is 10.2. The van der Waals surface area contributed by atoms with Crippen molar-refractivity contribution in [3.05, 3.63) is 41.5 Å². The number of nitrogens with one attached hydrogen (secondary N) is 1. The molecule has 1 aromatic carbocycles. The number of fused-ring (bicyclic) bond motifs is 1. The van der Waals surface area contributed by atoms with Crippen LogP contribution in [0.2, 0.25) is 0 Å². The Morgan fingerprint density at radius 1 is 1.41 bits per heavy atom. The van der Waals surface area contributed by atoms with E-state index in [9.17, 15) is 13.2 Å². The molecule has 1 aliphatic heterocycles. The topological polar surface area (TPSA) is 123 Å². The summed E-state index contributed by atoms with van der Waals surface area (Å²) in [6.07, 6.45) is 2.25. The highest BCUT2D eigenvalue weighted by atomic mass is 32.2. The minimum absolute atomic E-state index is 0.115. The average Bonchev–Trinajstić information content (AvgIpc) is 3.37. The number of thiophene rings is 1. The van der Waals surface area contributed by atoms with Crippen molar-refractivity contribution < 1.29 is 17.9 Å². The van der Waals surface area contributed by atoms with Crippen molar-refractivity contribution in [3.8, 4) is 0 Å². The highest BCUT2D eigenvalue weighted by Crippen LogP contribution is 2.40. The molecule has 12 heteroatoms. The molecule has 154 valence electrons. The van der Waals surface area contributed by atoms with E-state index in [1.54, 1.807) is 32.3 Å². The first-order valence-electron chi connectivity index (χ1n) is 8.72. The fourth-order valence-electron chi connectivity index (χ4n) is 3.37. The van der Waals surface area contributed by atoms with Gasteiger partial charge in [-0.25, -0.2) is 9.10 Å². The first kappa shape index (κ1) is 19.6. The third-order valence-electron chi connectivity index (χ3n) is 4.55. The number of primary amides is 1. The molecule has 1 saturated heterocycles. The summed E-state index contributed by atoms with van der Waals surface area (Å²) in [5.41, 5.74) is 6.15. The van der Waals surface area contributed by atoms with Gasteiger partial charge in [0.15, 0.2) is 0 Å². The summed E-state index contributed by atoms with van der Waals surface area (Å²) in [6.45, 7) is 2.06. The van der Waals surface area contributed by atoms with Crippen LogP contribution in [0.15, 0.2) is 36.7 Å². The fourth-order valence-corrected chi connectivity index (χ4v) is 6.16. The molecule has 3 aromatic rings. The Balaban J connectivity index is 1.91. The maximum absolute atomic E-state index is 13.8. The van der Waals surface area contributed by atoms with Crippen LogP contribution in [0.1, 0.15) is 4.88 Å². The van der Waals surface area contributed by atoms with E-state index in [0.717, 1.165) is 9.01 Å². The van der Waals surface area contributed by atoms with Crippen LogP contribution in [0.5, 0.6) is 0 Å². The van der Waals surface area contributed by atoms with Gasteiger partial charge in [0.25, 0.3) is 0 Å².